The van der Waals surface area contributed by atoms with Gasteiger partial charge >= 0.3 is 0 Å². The molecule has 1 aromatic heterocycles. The summed E-state index contributed by atoms with van der Waals surface area (Å²) in [5.74, 6) is 0.696. The van der Waals surface area contributed by atoms with Gasteiger partial charge in [0, 0.05) is 18.9 Å². The van der Waals surface area contributed by atoms with Crippen LogP contribution in [0.25, 0.3) is 0 Å². The second-order valence-electron chi connectivity index (χ2n) is 3.76. The lowest BCUT2D eigenvalue weighted by Gasteiger charge is -2.17. The van der Waals surface area contributed by atoms with Crippen molar-refractivity contribution in [3.63, 3.8) is 0 Å². The zero-order valence-electron chi connectivity index (χ0n) is 9.78. The van der Waals surface area contributed by atoms with Gasteiger partial charge in [-0.15, -0.1) is 0 Å². The summed E-state index contributed by atoms with van der Waals surface area (Å²) in [5.41, 5.74) is 7.30. The molecule has 4 nitrogen and oxygen atoms in total. The molecule has 0 aliphatic carbocycles. The molecule has 18 heavy (non-hydrogen) atoms. The van der Waals surface area contributed by atoms with Crippen LogP contribution in [0.5, 0.6) is 5.75 Å². The maximum absolute atomic E-state index is 8.72. The van der Waals surface area contributed by atoms with E-state index in [0.29, 0.717) is 17.9 Å². The van der Waals surface area contributed by atoms with Crippen LogP contribution in [0.1, 0.15) is 17.2 Å². The van der Waals surface area contributed by atoms with E-state index in [1.165, 1.54) is 0 Å². The molecule has 0 aliphatic rings. The number of benzene rings is 1. The van der Waals surface area contributed by atoms with Crippen LogP contribution in [0, 0.1) is 11.3 Å². The van der Waals surface area contributed by atoms with Crippen LogP contribution < -0.4 is 10.5 Å². The summed E-state index contributed by atoms with van der Waals surface area (Å²) in [4.78, 5) is 3.96. The van der Waals surface area contributed by atoms with E-state index in [1.807, 2.05) is 12.1 Å². The number of aromatic nitrogens is 1. The summed E-state index contributed by atoms with van der Waals surface area (Å²) in [6.45, 7) is 0.379. The first-order chi connectivity index (χ1) is 8.83. The molecule has 0 aliphatic heterocycles. The van der Waals surface area contributed by atoms with Crippen LogP contribution >= 0.6 is 0 Å². The molecular formula is C14H13N3O. The van der Waals surface area contributed by atoms with Crippen molar-refractivity contribution in [3.8, 4) is 11.8 Å². The minimum Gasteiger partial charge on any atom is -0.484 e. The summed E-state index contributed by atoms with van der Waals surface area (Å²) in [7, 11) is 0. The van der Waals surface area contributed by atoms with Crippen LogP contribution in [0.2, 0.25) is 0 Å². The van der Waals surface area contributed by atoms with E-state index in [1.54, 1.807) is 36.7 Å². The number of nitrogens with two attached hydrogens (primary N) is 1. The van der Waals surface area contributed by atoms with Crippen molar-refractivity contribution >= 4 is 0 Å². The maximum Gasteiger partial charge on any atom is 0.136 e. The van der Waals surface area contributed by atoms with E-state index in [2.05, 4.69) is 11.1 Å². The lowest BCUT2D eigenvalue weighted by molar-refractivity contribution is 0.214. The molecule has 1 atom stereocenters. The number of nitrogens with zero attached hydrogens (tertiary/aromatic N) is 2. The summed E-state index contributed by atoms with van der Waals surface area (Å²) in [6, 6.07) is 12.8. The number of ether oxygens (including phenoxy) is 1. The number of nitriles is 1. The lowest BCUT2D eigenvalue weighted by Crippen LogP contribution is -2.18. The Morgan fingerprint density at radius 1 is 1.17 bits per heavy atom. The molecular weight excluding hydrogens is 226 g/mol. The molecule has 0 amide bonds. The topological polar surface area (TPSA) is 71.9 Å². The fraction of sp³-hybridized carbons (Fsp3) is 0.143. The van der Waals surface area contributed by atoms with E-state index in [4.69, 9.17) is 15.7 Å². The third-order valence-electron chi connectivity index (χ3n) is 2.55. The van der Waals surface area contributed by atoms with Gasteiger partial charge in [0.2, 0.25) is 0 Å². The quantitative estimate of drug-likeness (QED) is 0.886. The summed E-state index contributed by atoms with van der Waals surface area (Å²) >= 11 is 0. The normalized spacial score (nSPS) is 11.6. The summed E-state index contributed by atoms with van der Waals surface area (Å²) in [6.07, 6.45) is 3.21. The van der Waals surface area contributed by atoms with Gasteiger partial charge in [-0.25, -0.2) is 0 Å². The molecule has 2 N–H and O–H groups in total. The van der Waals surface area contributed by atoms with E-state index < -0.39 is 0 Å². The highest BCUT2D eigenvalue weighted by Gasteiger charge is 2.10. The highest BCUT2D eigenvalue weighted by atomic mass is 16.5. The van der Waals surface area contributed by atoms with Crippen molar-refractivity contribution in [2.24, 2.45) is 5.73 Å². The van der Waals surface area contributed by atoms with Gasteiger partial charge in [-0.3, -0.25) is 4.98 Å². The largest absolute Gasteiger partial charge is 0.484 e. The van der Waals surface area contributed by atoms with Gasteiger partial charge in [-0.2, -0.15) is 5.26 Å². The van der Waals surface area contributed by atoms with Crippen LogP contribution in [0.4, 0.5) is 0 Å². The Balaban J connectivity index is 2.13. The second-order valence-corrected chi connectivity index (χ2v) is 3.76. The molecule has 2 rings (SSSR count). The summed E-state index contributed by atoms with van der Waals surface area (Å²) in [5, 5.41) is 8.72. The van der Waals surface area contributed by atoms with E-state index >= 15 is 0 Å². The average Bonchev–Trinajstić information content (AvgIpc) is 2.46. The molecule has 0 radical (unpaired) electrons. The average molecular weight is 239 g/mol. The van der Waals surface area contributed by atoms with Crippen molar-refractivity contribution < 1.29 is 4.74 Å². The van der Waals surface area contributed by atoms with E-state index in [9.17, 15) is 0 Å². The van der Waals surface area contributed by atoms with Crippen molar-refractivity contribution in [1.29, 1.82) is 5.26 Å². The van der Waals surface area contributed by atoms with Crippen molar-refractivity contribution in [2.75, 3.05) is 6.54 Å². The zero-order valence-corrected chi connectivity index (χ0v) is 9.78. The molecule has 90 valence electrons. The molecule has 0 saturated carbocycles. The van der Waals surface area contributed by atoms with Gasteiger partial charge in [-0.1, -0.05) is 0 Å². The Kier molecular flexibility index (Phi) is 3.90. The molecule has 2 aromatic rings. The van der Waals surface area contributed by atoms with Crippen molar-refractivity contribution in [3.05, 3.63) is 59.9 Å². The predicted octanol–water partition coefficient (Wildman–Crippen LogP) is 2.03. The van der Waals surface area contributed by atoms with Gasteiger partial charge in [0.25, 0.3) is 0 Å². The Labute approximate surface area is 106 Å². The summed E-state index contributed by atoms with van der Waals surface area (Å²) < 4.78 is 5.79. The minimum atomic E-state index is -0.207. The van der Waals surface area contributed by atoms with E-state index in [-0.39, 0.29) is 6.10 Å². The molecule has 4 heteroatoms. The lowest BCUT2D eigenvalue weighted by atomic mass is 10.1. The molecule has 1 unspecified atom stereocenters. The Bertz CT molecular complexity index is 531. The van der Waals surface area contributed by atoms with Gasteiger partial charge in [0.1, 0.15) is 11.9 Å². The van der Waals surface area contributed by atoms with Crippen LogP contribution in [-0.4, -0.2) is 11.5 Å². The van der Waals surface area contributed by atoms with Gasteiger partial charge in [0.15, 0.2) is 0 Å². The first-order valence-corrected chi connectivity index (χ1v) is 5.60. The molecule has 1 heterocycles. The highest BCUT2D eigenvalue weighted by molar-refractivity contribution is 5.35. The first-order valence-electron chi connectivity index (χ1n) is 5.60. The van der Waals surface area contributed by atoms with Crippen molar-refractivity contribution in [1.82, 2.24) is 4.98 Å². The predicted molar refractivity (Wildman–Crippen MR) is 67.8 cm³/mol. The zero-order chi connectivity index (χ0) is 12.8. The Morgan fingerprint density at radius 2 is 1.83 bits per heavy atom. The smallest absolute Gasteiger partial charge is 0.136 e. The first kappa shape index (κ1) is 12.1. The fourth-order valence-corrected chi connectivity index (χ4v) is 1.60. The molecule has 1 aromatic carbocycles. The van der Waals surface area contributed by atoms with E-state index in [0.717, 1.165) is 5.56 Å². The molecule has 0 bridgehead atoms. The van der Waals surface area contributed by atoms with Crippen LogP contribution in [-0.2, 0) is 0 Å². The third kappa shape index (κ3) is 2.84. The number of rotatable bonds is 4. The fourth-order valence-electron chi connectivity index (χ4n) is 1.60. The minimum absolute atomic E-state index is 0.207. The third-order valence-corrected chi connectivity index (χ3v) is 2.55. The SMILES string of the molecule is N#Cc1ccc(OC(CN)c2ccncc2)cc1. The molecule has 0 saturated heterocycles. The van der Waals surface area contributed by atoms with Crippen LogP contribution in [0.3, 0.4) is 0 Å². The Morgan fingerprint density at radius 3 is 2.39 bits per heavy atom. The van der Waals surface area contributed by atoms with Crippen molar-refractivity contribution in [2.45, 2.75) is 6.10 Å². The number of hydrogen-bond acceptors (Lipinski definition) is 4. The van der Waals surface area contributed by atoms with Gasteiger partial charge in [0.05, 0.1) is 11.6 Å². The molecule has 0 fully saturated rings. The highest BCUT2D eigenvalue weighted by Crippen LogP contribution is 2.21. The standard InChI is InChI=1S/C14H13N3O/c15-9-11-1-3-13(4-2-11)18-14(10-16)12-5-7-17-8-6-12/h1-8,14H,10,16H2. The second kappa shape index (κ2) is 5.80. The number of pyridine rings is 1. The number of hydrogen-bond donors (Lipinski definition) is 1. The van der Waals surface area contributed by atoms with Gasteiger partial charge in [-0.05, 0) is 42.0 Å². The maximum atomic E-state index is 8.72. The van der Waals surface area contributed by atoms with Crippen LogP contribution in [0.15, 0.2) is 48.8 Å². The van der Waals surface area contributed by atoms with Gasteiger partial charge < -0.3 is 10.5 Å². The monoisotopic (exact) mass is 239 g/mol. The molecule has 0 spiro atoms. The Hall–Kier alpha value is -2.38.